The zero-order chi connectivity index (χ0) is 13.9. The molecule has 104 valence electrons. The molecule has 0 heterocycles. The van der Waals surface area contributed by atoms with E-state index in [0.29, 0.717) is 0 Å². The second kappa shape index (κ2) is 5.98. The molecule has 20 heavy (non-hydrogen) atoms. The quantitative estimate of drug-likeness (QED) is 0.832. The average molecular weight is 331 g/mol. The molecule has 0 saturated heterocycles. The van der Waals surface area contributed by atoms with Crippen molar-refractivity contribution in [2.75, 3.05) is 5.73 Å². The van der Waals surface area contributed by atoms with Crippen LogP contribution in [-0.4, -0.2) is 10.9 Å². The number of hydrogen-bond donors (Lipinski definition) is 1. The van der Waals surface area contributed by atoms with E-state index < -0.39 is 0 Å². The summed E-state index contributed by atoms with van der Waals surface area (Å²) in [6.07, 6.45) is 2.64. The number of nitrogens with two attached hydrogens (primary N) is 1. The van der Waals surface area contributed by atoms with Crippen molar-refractivity contribution in [1.82, 2.24) is 4.90 Å². The van der Waals surface area contributed by atoms with Gasteiger partial charge in [0.15, 0.2) is 0 Å². The summed E-state index contributed by atoms with van der Waals surface area (Å²) in [6.45, 7) is 1.98. The van der Waals surface area contributed by atoms with Gasteiger partial charge in [0.1, 0.15) is 0 Å². The van der Waals surface area contributed by atoms with E-state index in [-0.39, 0.29) is 0 Å². The molecule has 0 aromatic heterocycles. The number of rotatable bonds is 5. The Kier molecular flexibility index (Phi) is 4.08. The van der Waals surface area contributed by atoms with Crippen LogP contribution < -0.4 is 5.73 Å². The summed E-state index contributed by atoms with van der Waals surface area (Å²) in [5.74, 6) is 0. The highest BCUT2D eigenvalue weighted by atomic mass is 79.9. The first-order chi connectivity index (χ1) is 9.70. The van der Waals surface area contributed by atoms with Gasteiger partial charge < -0.3 is 5.73 Å². The molecule has 1 fully saturated rings. The van der Waals surface area contributed by atoms with Gasteiger partial charge in [0.05, 0.1) is 0 Å². The first-order valence-electron chi connectivity index (χ1n) is 7.03. The van der Waals surface area contributed by atoms with Gasteiger partial charge in [0.25, 0.3) is 0 Å². The van der Waals surface area contributed by atoms with Crippen LogP contribution in [0.3, 0.4) is 0 Å². The summed E-state index contributed by atoms with van der Waals surface area (Å²) >= 11 is 3.49. The van der Waals surface area contributed by atoms with Gasteiger partial charge in [-0.15, -0.1) is 0 Å². The standard InChI is InChI=1S/C17H19BrN2/c18-15-6-4-13(5-7-15)11-20(17-8-9-17)12-14-2-1-3-16(19)10-14/h1-7,10,17H,8-9,11-12,19H2. The van der Waals surface area contributed by atoms with E-state index in [2.05, 4.69) is 57.2 Å². The number of benzene rings is 2. The van der Waals surface area contributed by atoms with E-state index in [1.807, 2.05) is 12.1 Å². The fourth-order valence-corrected chi connectivity index (χ4v) is 2.77. The number of nitrogen functional groups attached to an aromatic ring is 1. The summed E-state index contributed by atoms with van der Waals surface area (Å²) in [6, 6.07) is 17.6. The molecule has 0 unspecified atom stereocenters. The van der Waals surface area contributed by atoms with Crippen LogP contribution in [-0.2, 0) is 13.1 Å². The summed E-state index contributed by atoms with van der Waals surface area (Å²) in [5.41, 5.74) is 9.39. The van der Waals surface area contributed by atoms with E-state index in [1.165, 1.54) is 24.0 Å². The SMILES string of the molecule is Nc1cccc(CN(Cc2ccc(Br)cc2)C2CC2)c1. The van der Waals surface area contributed by atoms with Crippen molar-refractivity contribution in [2.45, 2.75) is 32.0 Å². The molecule has 1 aliphatic rings. The predicted molar refractivity (Wildman–Crippen MR) is 87.3 cm³/mol. The van der Waals surface area contributed by atoms with E-state index in [4.69, 9.17) is 5.73 Å². The minimum absolute atomic E-state index is 0.736. The van der Waals surface area contributed by atoms with Crippen molar-refractivity contribution < 1.29 is 0 Å². The van der Waals surface area contributed by atoms with Gasteiger partial charge in [-0.3, -0.25) is 4.90 Å². The highest BCUT2D eigenvalue weighted by Gasteiger charge is 2.28. The van der Waals surface area contributed by atoms with Crippen LogP contribution in [0, 0.1) is 0 Å². The highest BCUT2D eigenvalue weighted by molar-refractivity contribution is 9.10. The molecule has 0 amide bonds. The lowest BCUT2D eigenvalue weighted by molar-refractivity contribution is 0.246. The Morgan fingerprint density at radius 3 is 2.35 bits per heavy atom. The van der Waals surface area contributed by atoms with Crippen LogP contribution in [0.1, 0.15) is 24.0 Å². The Morgan fingerprint density at radius 1 is 1.00 bits per heavy atom. The monoisotopic (exact) mass is 330 g/mol. The Bertz CT molecular complexity index is 576. The summed E-state index contributed by atoms with van der Waals surface area (Å²) in [7, 11) is 0. The molecule has 3 rings (SSSR count). The van der Waals surface area contributed by atoms with Crippen LogP contribution >= 0.6 is 15.9 Å². The first-order valence-corrected chi connectivity index (χ1v) is 7.83. The van der Waals surface area contributed by atoms with Gasteiger partial charge in [-0.1, -0.05) is 40.2 Å². The lowest BCUT2D eigenvalue weighted by atomic mass is 10.1. The van der Waals surface area contributed by atoms with Crippen LogP contribution in [0.2, 0.25) is 0 Å². The number of halogens is 1. The smallest absolute Gasteiger partial charge is 0.0317 e. The predicted octanol–water partition coefficient (Wildman–Crippen LogP) is 4.20. The third-order valence-electron chi connectivity index (χ3n) is 3.70. The van der Waals surface area contributed by atoms with Gasteiger partial charge in [0, 0.05) is 29.3 Å². The van der Waals surface area contributed by atoms with Gasteiger partial charge in [0.2, 0.25) is 0 Å². The topological polar surface area (TPSA) is 29.3 Å². The molecule has 0 aliphatic heterocycles. The van der Waals surface area contributed by atoms with Crippen molar-refractivity contribution in [3.63, 3.8) is 0 Å². The van der Waals surface area contributed by atoms with Crippen molar-refractivity contribution in [3.8, 4) is 0 Å². The van der Waals surface area contributed by atoms with Gasteiger partial charge in [-0.25, -0.2) is 0 Å². The van der Waals surface area contributed by atoms with Gasteiger partial charge in [-0.2, -0.15) is 0 Å². The summed E-state index contributed by atoms with van der Waals surface area (Å²) in [4.78, 5) is 2.55. The molecule has 0 bridgehead atoms. The Hall–Kier alpha value is -1.32. The number of hydrogen-bond acceptors (Lipinski definition) is 2. The van der Waals surface area contributed by atoms with Crippen LogP contribution in [0.4, 0.5) is 5.69 Å². The molecule has 2 aromatic carbocycles. The van der Waals surface area contributed by atoms with E-state index >= 15 is 0 Å². The van der Waals surface area contributed by atoms with Crippen molar-refractivity contribution in [3.05, 3.63) is 64.1 Å². The fraction of sp³-hybridized carbons (Fsp3) is 0.294. The van der Waals surface area contributed by atoms with Crippen LogP contribution in [0.15, 0.2) is 53.0 Å². The van der Waals surface area contributed by atoms with Crippen LogP contribution in [0.5, 0.6) is 0 Å². The summed E-state index contributed by atoms with van der Waals surface area (Å²) in [5, 5.41) is 0. The Balaban J connectivity index is 1.71. The van der Waals surface area contributed by atoms with Gasteiger partial charge >= 0.3 is 0 Å². The van der Waals surface area contributed by atoms with E-state index in [1.54, 1.807) is 0 Å². The number of nitrogens with zero attached hydrogens (tertiary/aromatic N) is 1. The highest BCUT2D eigenvalue weighted by Crippen LogP contribution is 2.30. The van der Waals surface area contributed by atoms with Crippen molar-refractivity contribution in [1.29, 1.82) is 0 Å². The molecule has 2 nitrogen and oxygen atoms in total. The zero-order valence-corrected chi connectivity index (χ0v) is 13.0. The normalized spacial score (nSPS) is 14.7. The zero-order valence-electron chi connectivity index (χ0n) is 11.4. The minimum atomic E-state index is 0.736. The summed E-state index contributed by atoms with van der Waals surface area (Å²) < 4.78 is 1.13. The first kappa shape index (κ1) is 13.7. The van der Waals surface area contributed by atoms with E-state index in [9.17, 15) is 0 Å². The van der Waals surface area contributed by atoms with Crippen molar-refractivity contribution in [2.24, 2.45) is 0 Å². The second-order valence-electron chi connectivity index (χ2n) is 5.51. The van der Waals surface area contributed by atoms with Gasteiger partial charge in [-0.05, 0) is 48.2 Å². The maximum Gasteiger partial charge on any atom is 0.0317 e. The van der Waals surface area contributed by atoms with E-state index in [0.717, 1.165) is 29.3 Å². The lowest BCUT2D eigenvalue weighted by Gasteiger charge is -2.22. The molecule has 1 aliphatic carbocycles. The minimum Gasteiger partial charge on any atom is -0.399 e. The third-order valence-corrected chi connectivity index (χ3v) is 4.23. The molecule has 3 heteroatoms. The molecule has 0 spiro atoms. The van der Waals surface area contributed by atoms with Crippen molar-refractivity contribution >= 4 is 21.6 Å². The molecule has 2 aromatic rings. The molecular weight excluding hydrogens is 312 g/mol. The molecule has 0 atom stereocenters. The average Bonchev–Trinajstić information content (AvgIpc) is 3.25. The Labute approximate surface area is 128 Å². The lowest BCUT2D eigenvalue weighted by Crippen LogP contribution is -2.25. The second-order valence-corrected chi connectivity index (χ2v) is 6.42. The number of anilines is 1. The van der Waals surface area contributed by atoms with Crippen LogP contribution in [0.25, 0.3) is 0 Å². The largest absolute Gasteiger partial charge is 0.399 e. The molecule has 1 saturated carbocycles. The molecule has 2 N–H and O–H groups in total. The third kappa shape index (κ3) is 3.62. The maximum absolute atomic E-state index is 5.87. The molecule has 0 radical (unpaired) electrons. The fourth-order valence-electron chi connectivity index (χ4n) is 2.50. The Morgan fingerprint density at radius 2 is 1.70 bits per heavy atom. The maximum atomic E-state index is 5.87. The molecular formula is C17H19BrN2.